The Hall–Kier alpha value is -0.760. The van der Waals surface area contributed by atoms with Gasteiger partial charge in [0.1, 0.15) is 0 Å². The number of hydrogen-bond donors (Lipinski definition) is 0. The first-order valence-electron chi connectivity index (χ1n) is 5.56. The predicted molar refractivity (Wildman–Crippen MR) is 54.7 cm³/mol. The Labute approximate surface area is 94.0 Å². The Morgan fingerprint density at radius 3 is 2.25 bits per heavy atom. The zero-order chi connectivity index (χ0) is 12.2. The summed E-state index contributed by atoms with van der Waals surface area (Å²) in [7, 11) is 1.53. The molecule has 1 rings (SSSR count). The normalized spacial score (nSPS) is 26.8. The molecule has 0 spiro atoms. The van der Waals surface area contributed by atoms with Gasteiger partial charge < -0.3 is 0 Å². The van der Waals surface area contributed by atoms with Crippen LogP contribution in [0.4, 0.5) is 13.2 Å². The topological polar surface area (TPSA) is 27.0 Å². The minimum Gasteiger partial charge on any atom is -0.295 e. The van der Waals surface area contributed by atoms with Crippen LogP contribution < -0.4 is 0 Å². The van der Waals surface area contributed by atoms with E-state index in [1.165, 1.54) is 11.9 Å². The SMILES string of the molecule is CN(CC(F)(F)F)C1CCC(CC#N)CC1. The van der Waals surface area contributed by atoms with Crippen LogP contribution in [-0.2, 0) is 0 Å². The second kappa shape index (κ2) is 5.53. The van der Waals surface area contributed by atoms with Crippen molar-refractivity contribution >= 4 is 0 Å². The molecule has 1 aliphatic carbocycles. The average Bonchev–Trinajstić information content (AvgIpc) is 2.16. The molecule has 0 aromatic heterocycles. The highest BCUT2D eigenvalue weighted by Crippen LogP contribution is 2.30. The second-order valence-electron chi connectivity index (χ2n) is 4.57. The molecule has 0 saturated heterocycles. The molecule has 1 saturated carbocycles. The Kier molecular flexibility index (Phi) is 4.60. The monoisotopic (exact) mass is 234 g/mol. The van der Waals surface area contributed by atoms with Gasteiger partial charge in [-0.3, -0.25) is 4.90 Å². The molecule has 0 heterocycles. The molecule has 0 aromatic rings. The van der Waals surface area contributed by atoms with Crippen molar-refractivity contribution in [3.05, 3.63) is 0 Å². The van der Waals surface area contributed by atoms with Crippen molar-refractivity contribution in [3.8, 4) is 6.07 Å². The standard InChI is InChI=1S/C11H17F3N2/c1-16(8-11(12,13)14)10-4-2-9(3-5-10)6-7-15/h9-10H,2-6,8H2,1H3. The van der Waals surface area contributed by atoms with Crippen molar-refractivity contribution in [2.45, 2.75) is 44.3 Å². The fourth-order valence-electron chi connectivity index (χ4n) is 2.33. The maximum atomic E-state index is 12.2. The smallest absolute Gasteiger partial charge is 0.295 e. The zero-order valence-electron chi connectivity index (χ0n) is 9.43. The van der Waals surface area contributed by atoms with Crippen LogP contribution >= 0.6 is 0 Å². The molecule has 1 fully saturated rings. The lowest BCUT2D eigenvalue weighted by atomic mass is 9.84. The third-order valence-electron chi connectivity index (χ3n) is 3.25. The van der Waals surface area contributed by atoms with Gasteiger partial charge in [-0.25, -0.2) is 0 Å². The average molecular weight is 234 g/mol. The van der Waals surface area contributed by atoms with Gasteiger partial charge in [0.25, 0.3) is 0 Å². The lowest BCUT2D eigenvalue weighted by molar-refractivity contribution is -0.148. The molecule has 0 N–H and O–H groups in total. The van der Waals surface area contributed by atoms with Gasteiger partial charge in [-0.1, -0.05) is 0 Å². The summed E-state index contributed by atoms with van der Waals surface area (Å²) in [5.74, 6) is 0.389. The molecular formula is C11H17F3N2. The molecule has 92 valence electrons. The van der Waals surface area contributed by atoms with Crippen molar-refractivity contribution in [3.63, 3.8) is 0 Å². The van der Waals surface area contributed by atoms with Gasteiger partial charge >= 0.3 is 6.18 Å². The second-order valence-corrected chi connectivity index (χ2v) is 4.57. The maximum absolute atomic E-state index is 12.2. The fourth-order valence-corrected chi connectivity index (χ4v) is 2.33. The van der Waals surface area contributed by atoms with Crippen LogP contribution in [0.5, 0.6) is 0 Å². The van der Waals surface area contributed by atoms with Gasteiger partial charge in [-0.2, -0.15) is 18.4 Å². The van der Waals surface area contributed by atoms with Crippen molar-refractivity contribution in [2.24, 2.45) is 5.92 Å². The van der Waals surface area contributed by atoms with Gasteiger partial charge in [0.05, 0.1) is 12.6 Å². The number of halogens is 3. The summed E-state index contributed by atoms with van der Waals surface area (Å²) < 4.78 is 36.5. The van der Waals surface area contributed by atoms with Crippen LogP contribution in [-0.4, -0.2) is 30.7 Å². The summed E-state index contributed by atoms with van der Waals surface area (Å²) in [6.07, 6.45) is -0.271. The number of nitrogens with zero attached hydrogens (tertiary/aromatic N) is 2. The van der Waals surface area contributed by atoms with E-state index < -0.39 is 12.7 Å². The number of hydrogen-bond acceptors (Lipinski definition) is 2. The molecule has 2 nitrogen and oxygen atoms in total. The minimum absolute atomic E-state index is 0.0246. The van der Waals surface area contributed by atoms with Crippen molar-refractivity contribution in [2.75, 3.05) is 13.6 Å². The number of rotatable bonds is 3. The highest BCUT2D eigenvalue weighted by atomic mass is 19.4. The van der Waals surface area contributed by atoms with Crippen LogP contribution in [0, 0.1) is 17.2 Å². The number of nitriles is 1. The third kappa shape index (κ3) is 4.40. The summed E-state index contributed by atoms with van der Waals surface area (Å²) in [5, 5.41) is 8.54. The summed E-state index contributed by atoms with van der Waals surface area (Å²) in [4.78, 5) is 1.39. The van der Waals surface area contributed by atoms with E-state index in [1.807, 2.05) is 0 Å². The molecule has 0 unspecified atom stereocenters. The van der Waals surface area contributed by atoms with Crippen molar-refractivity contribution in [1.29, 1.82) is 5.26 Å². The van der Waals surface area contributed by atoms with Crippen LogP contribution in [0.15, 0.2) is 0 Å². The molecule has 0 radical (unpaired) electrons. The molecule has 0 aliphatic heterocycles. The fraction of sp³-hybridized carbons (Fsp3) is 0.909. The molecule has 0 bridgehead atoms. The minimum atomic E-state index is -4.11. The summed E-state index contributed by atoms with van der Waals surface area (Å²) in [6, 6.07) is 2.15. The van der Waals surface area contributed by atoms with Gasteiger partial charge in [0, 0.05) is 12.5 Å². The maximum Gasteiger partial charge on any atom is 0.401 e. The van der Waals surface area contributed by atoms with Gasteiger partial charge in [0.2, 0.25) is 0 Å². The van der Waals surface area contributed by atoms with E-state index in [0.29, 0.717) is 12.3 Å². The van der Waals surface area contributed by atoms with E-state index in [2.05, 4.69) is 6.07 Å². The Morgan fingerprint density at radius 2 is 1.81 bits per heavy atom. The van der Waals surface area contributed by atoms with Gasteiger partial charge in [-0.05, 0) is 38.6 Å². The van der Waals surface area contributed by atoms with E-state index >= 15 is 0 Å². The van der Waals surface area contributed by atoms with E-state index in [0.717, 1.165) is 25.7 Å². The van der Waals surface area contributed by atoms with Crippen LogP contribution in [0.3, 0.4) is 0 Å². The van der Waals surface area contributed by atoms with Crippen LogP contribution in [0.25, 0.3) is 0 Å². The quantitative estimate of drug-likeness (QED) is 0.750. The Balaban J connectivity index is 2.33. The molecule has 5 heteroatoms. The molecule has 16 heavy (non-hydrogen) atoms. The summed E-state index contributed by atoms with van der Waals surface area (Å²) in [6.45, 7) is -0.833. The van der Waals surface area contributed by atoms with Crippen molar-refractivity contribution in [1.82, 2.24) is 4.90 Å². The highest BCUT2D eigenvalue weighted by Gasteiger charge is 2.33. The first-order chi connectivity index (χ1) is 7.42. The van der Waals surface area contributed by atoms with Gasteiger partial charge in [0.15, 0.2) is 0 Å². The van der Waals surface area contributed by atoms with E-state index in [9.17, 15) is 13.2 Å². The number of alkyl halides is 3. The Morgan fingerprint density at radius 1 is 1.25 bits per heavy atom. The summed E-state index contributed by atoms with van der Waals surface area (Å²) >= 11 is 0. The predicted octanol–water partition coefficient (Wildman–Crippen LogP) is 2.95. The highest BCUT2D eigenvalue weighted by molar-refractivity contribution is 4.84. The van der Waals surface area contributed by atoms with Gasteiger partial charge in [-0.15, -0.1) is 0 Å². The van der Waals surface area contributed by atoms with Crippen molar-refractivity contribution < 1.29 is 13.2 Å². The van der Waals surface area contributed by atoms with E-state index in [1.54, 1.807) is 0 Å². The third-order valence-corrected chi connectivity index (χ3v) is 3.25. The first-order valence-corrected chi connectivity index (χ1v) is 5.56. The van der Waals surface area contributed by atoms with E-state index in [4.69, 9.17) is 5.26 Å². The molecule has 0 atom stereocenters. The molecule has 1 aliphatic rings. The Bertz CT molecular complexity index is 249. The first kappa shape index (κ1) is 13.3. The van der Waals surface area contributed by atoms with Crippen LogP contribution in [0.1, 0.15) is 32.1 Å². The molecule has 0 amide bonds. The zero-order valence-corrected chi connectivity index (χ0v) is 9.43. The molecular weight excluding hydrogens is 217 g/mol. The largest absolute Gasteiger partial charge is 0.401 e. The lowest BCUT2D eigenvalue weighted by Crippen LogP contribution is -2.40. The van der Waals surface area contributed by atoms with E-state index in [-0.39, 0.29) is 6.04 Å². The molecule has 0 aromatic carbocycles. The summed E-state index contributed by atoms with van der Waals surface area (Å²) in [5.41, 5.74) is 0. The van der Waals surface area contributed by atoms with Crippen LogP contribution in [0.2, 0.25) is 0 Å². The lowest BCUT2D eigenvalue weighted by Gasteiger charge is -2.34.